The number of amides is 2. The number of imidazole rings is 1. The lowest BCUT2D eigenvalue weighted by atomic mass is 9.96. The first-order valence-electron chi connectivity index (χ1n) is 13.0. The first kappa shape index (κ1) is 25.5. The fraction of sp³-hybridized carbons (Fsp3) is 0.538. The van der Waals surface area contributed by atoms with Crippen LogP contribution in [0, 0.1) is 17.8 Å². The zero-order valence-electron chi connectivity index (χ0n) is 21.6. The zero-order valence-corrected chi connectivity index (χ0v) is 21.6. The van der Waals surface area contributed by atoms with Crippen LogP contribution in [0.2, 0.25) is 0 Å². The van der Waals surface area contributed by atoms with E-state index in [2.05, 4.69) is 19.9 Å². The molecule has 2 amide bonds. The Labute approximate surface area is 222 Å². The molecule has 13 heteroatoms. The summed E-state index contributed by atoms with van der Waals surface area (Å²) in [6.07, 6.45) is -1.43. The van der Waals surface area contributed by atoms with Gasteiger partial charge in [0.15, 0.2) is 11.3 Å². The van der Waals surface area contributed by atoms with Crippen molar-refractivity contribution < 1.29 is 27.5 Å². The number of halogens is 3. The van der Waals surface area contributed by atoms with E-state index in [0.29, 0.717) is 37.5 Å². The minimum atomic E-state index is -4.52. The molecule has 3 aliphatic rings. The molecule has 3 fully saturated rings. The van der Waals surface area contributed by atoms with Gasteiger partial charge in [-0.15, -0.1) is 0 Å². The van der Waals surface area contributed by atoms with Gasteiger partial charge in [0.25, 0.3) is 5.91 Å². The van der Waals surface area contributed by atoms with E-state index in [9.17, 15) is 22.8 Å². The third-order valence-corrected chi connectivity index (χ3v) is 8.24. The first-order valence-corrected chi connectivity index (χ1v) is 13.0. The van der Waals surface area contributed by atoms with E-state index in [-0.39, 0.29) is 53.7 Å². The van der Waals surface area contributed by atoms with Crippen LogP contribution >= 0.6 is 0 Å². The molecular formula is C26H28F3N7O3. The summed E-state index contributed by atoms with van der Waals surface area (Å²) >= 11 is 0. The second kappa shape index (κ2) is 9.45. The van der Waals surface area contributed by atoms with Crippen molar-refractivity contribution in [3.63, 3.8) is 0 Å². The number of nitrogens with zero attached hydrogens (tertiary/aromatic N) is 7. The number of piperidine rings is 2. The second-order valence-electron chi connectivity index (χ2n) is 10.6. The Kier molecular flexibility index (Phi) is 6.18. The van der Waals surface area contributed by atoms with Crippen LogP contribution in [0.25, 0.3) is 11.3 Å². The van der Waals surface area contributed by atoms with Crippen LogP contribution in [0.3, 0.4) is 0 Å². The minimum Gasteiger partial charge on any atom is -0.477 e. The fourth-order valence-electron chi connectivity index (χ4n) is 5.95. The van der Waals surface area contributed by atoms with Crippen LogP contribution in [-0.2, 0) is 18.0 Å². The molecule has 0 spiro atoms. The van der Waals surface area contributed by atoms with Gasteiger partial charge in [-0.25, -0.2) is 19.9 Å². The summed E-state index contributed by atoms with van der Waals surface area (Å²) in [5.74, 6) is 1.53. The average Bonchev–Trinajstić information content (AvgIpc) is 3.21. The van der Waals surface area contributed by atoms with E-state index in [1.807, 2.05) is 16.5 Å². The van der Waals surface area contributed by atoms with Crippen molar-refractivity contribution in [2.45, 2.75) is 31.9 Å². The number of rotatable bonds is 5. The van der Waals surface area contributed by atoms with Crippen molar-refractivity contribution in [2.75, 3.05) is 32.8 Å². The highest BCUT2D eigenvalue weighted by molar-refractivity contribution is 5.93. The molecule has 0 bridgehead atoms. The standard InChI is InChI=1S/C26H28F3N7O3/c1-14(37)35-8-6-15(7-9-35)23-33-22-24(34(23)2)31-19(10-30-22)25(38)36-11-16-17(12-36)18(16)13-39-21-5-3-4-20(32-21)26(27,28)29/h3-5,10,15-18H,6-9,11-13H2,1-2H3/t16-,17+,18-. The maximum atomic E-state index is 13.2. The second-order valence-corrected chi connectivity index (χ2v) is 10.6. The Hall–Kier alpha value is -3.77. The highest BCUT2D eigenvalue weighted by Crippen LogP contribution is 2.52. The molecule has 3 aromatic heterocycles. The molecule has 1 saturated carbocycles. The molecule has 10 nitrogen and oxygen atoms in total. The van der Waals surface area contributed by atoms with Crippen molar-refractivity contribution in [2.24, 2.45) is 24.8 Å². The van der Waals surface area contributed by atoms with E-state index >= 15 is 0 Å². The van der Waals surface area contributed by atoms with Gasteiger partial charge in [0.05, 0.1) is 12.8 Å². The molecule has 0 unspecified atom stereocenters. The molecule has 2 aliphatic heterocycles. The zero-order chi connectivity index (χ0) is 27.5. The van der Waals surface area contributed by atoms with E-state index in [1.165, 1.54) is 18.3 Å². The Morgan fingerprint density at radius 3 is 2.44 bits per heavy atom. The van der Waals surface area contributed by atoms with E-state index in [1.54, 1.807) is 11.8 Å². The molecule has 3 aromatic rings. The Morgan fingerprint density at radius 2 is 1.77 bits per heavy atom. The quantitative estimate of drug-likeness (QED) is 0.487. The number of carbonyl (C=O) groups is 2. The molecule has 0 aromatic carbocycles. The summed E-state index contributed by atoms with van der Waals surface area (Å²) in [7, 11) is 1.87. The molecule has 3 atom stereocenters. The number of hydrogen-bond donors (Lipinski definition) is 0. The van der Waals surface area contributed by atoms with Crippen molar-refractivity contribution in [3.05, 3.63) is 41.6 Å². The summed E-state index contributed by atoms with van der Waals surface area (Å²) in [4.78, 5) is 45.7. The molecule has 206 valence electrons. The van der Waals surface area contributed by atoms with Gasteiger partial charge in [-0.05, 0) is 30.7 Å². The summed E-state index contributed by atoms with van der Waals surface area (Å²) in [5.41, 5.74) is 0.312. The van der Waals surface area contributed by atoms with Crippen molar-refractivity contribution in [1.82, 2.24) is 34.3 Å². The van der Waals surface area contributed by atoms with Crippen LogP contribution in [0.15, 0.2) is 24.4 Å². The summed E-state index contributed by atoms with van der Waals surface area (Å²) < 4.78 is 46.1. The third kappa shape index (κ3) is 4.78. The van der Waals surface area contributed by atoms with Gasteiger partial charge < -0.3 is 19.1 Å². The molecule has 0 radical (unpaired) electrons. The monoisotopic (exact) mass is 543 g/mol. The highest BCUT2D eigenvalue weighted by Gasteiger charge is 2.57. The van der Waals surface area contributed by atoms with Gasteiger partial charge in [-0.2, -0.15) is 13.2 Å². The number of alkyl halides is 3. The molecule has 6 rings (SSSR count). The Bertz CT molecular complexity index is 1420. The van der Waals surface area contributed by atoms with E-state index in [0.717, 1.165) is 24.7 Å². The SMILES string of the molecule is CC(=O)N1CCC(c2nc3ncc(C(=O)N4C[C@@H]5[C@H](COc6cccc(C(F)(F)F)n6)[C@@H]5C4)nc3n2C)CC1. The van der Waals surface area contributed by atoms with Gasteiger partial charge in [-0.1, -0.05) is 6.07 Å². The third-order valence-electron chi connectivity index (χ3n) is 8.24. The van der Waals surface area contributed by atoms with Crippen LogP contribution in [0.1, 0.15) is 47.7 Å². The molecule has 5 heterocycles. The number of fused-ring (bicyclic) bond motifs is 2. The average molecular weight is 544 g/mol. The number of ether oxygens (including phenoxy) is 1. The van der Waals surface area contributed by atoms with Crippen LogP contribution in [-0.4, -0.2) is 78.9 Å². The topological polar surface area (TPSA) is 106 Å². The molecule has 0 N–H and O–H groups in total. The lowest BCUT2D eigenvalue weighted by Crippen LogP contribution is -2.36. The first-order chi connectivity index (χ1) is 18.6. The lowest BCUT2D eigenvalue weighted by Gasteiger charge is -2.30. The van der Waals surface area contributed by atoms with Gasteiger partial charge in [0.2, 0.25) is 11.8 Å². The molecular weight excluding hydrogens is 515 g/mol. The number of aromatic nitrogens is 5. The maximum Gasteiger partial charge on any atom is 0.433 e. The molecule has 1 aliphatic carbocycles. The number of pyridine rings is 1. The van der Waals surface area contributed by atoms with Crippen LogP contribution in [0.4, 0.5) is 13.2 Å². The smallest absolute Gasteiger partial charge is 0.433 e. The van der Waals surface area contributed by atoms with Crippen molar-refractivity contribution >= 4 is 23.1 Å². The van der Waals surface area contributed by atoms with Gasteiger partial charge in [0, 0.05) is 58.1 Å². The summed E-state index contributed by atoms with van der Waals surface area (Å²) in [5, 5.41) is 0. The van der Waals surface area contributed by atoms with Gasteiger partial charge >= 0.3 is 6.18 Å². The number of aryl methyl sites for hydroxylation is 1. The largest absolute Gasteiger partial charge is 0.477 e. The highest BCUT2D eigenvalue weighted by atomic mass is 19.4. The van der Waals surface area contributed by atoms with Gasteiger partial charge in [0.1, 0.15) is 17.2 Å². The predicted octanol–water partition coefficient (Wildman–Crippen LogP) is 2.90. The van der Waals surface area contributed by atoms with E-state index < -0.39 is 11.9 Å². The van der Waals surface area contributed by atoms with Crippen molar-refractivity contribution in [1.29, 1.82) is 0 Å². The molecule has 2 saturated heterocycles. The van der Waals surface area contributed by atoms with E-state index in [4.69, 9.17) is 4.74 Å². The normalized spacial score (nSPS) is 23.3. The summed E-state index contributed by atoms with van der Waals surface area (Å²) in [6.45, 7) is 4.30. The maximum absolute atomic E-state index is 13.2. The Morgan fingerprint density at radius 1 is 1.05 bits per heavy atom. The van der Waals surface area contributed by atoms with Crippen LogP contribution < -0.4 is 4.74 Å². The Balaban J connectivity index is 1.06. The lowest BCUT2D eigenvalue weighted by molar-refractivity contribution is -0.141. The summed E-state index contributed by atoms with van der Waals surface area (Å²) in [6, 6.07) is 3.60. The number of likely N-dealkylation sites (tertiary alicyclic amines) is 2. The van der Waals surface area contributed by atoms with Crippen molar-refractivity contribution in [3.8, 4) is 5.88 Å². The number of carbonyl (C=O) groups excluding carboxylic acids is 2. The number of hydrogen-bond acceptors (Lipinski definition) is 7. The van der Waals surface area contributed by atoms with Crippen LogP contribution in [0.5, 0.6) is 5.88 Å². The predicted molar refractivity (Wildman–Crippen MR) is 132 cm³/mol. The van der Waals surface area contributed by atoms with Gasteiger partial charge in [-0.3, -0.25) is 9.59 Å². The fourth-order valence-corrected chi connectivity index (χ4v) is 5.95. The minimum absolute atomic E-state index is 0.0498. The molecule has 39 heavy (non-hydrogen) atoms.